The predicted octanol–water partition coefficient (Wildman–Crippen LogP) is 0.804. The van der Waals surface area contributed by atoms with Gasteiger partial charge in [0.25, 0.3) is 0 Å². The van der Waals surface area contributed by atoms with Gasteiger partial charge in [-0.15, -0.1) is 0 Å². The van der Waals surface area contributed by atoms with Crippen LogP contribution < -0.4 is 19.9 Å². The zero-order valence-electron chi connectivity index (χ0n) is 9.27. The molecule has 5 nitrogen and oxygen atoms in total. The van der Waals surface area contributed by atoms with Crippen LogP contribution in [0.15, 0.2) is 12.1 Å². The van der Waals surface area contributed by atoms with E-state index in [2.05, 4.69) is 0 Å². The van der Waals surface area contributed by atoms with Crippen molar-refractivity contribution in [1.82, 2.24) is 0 Å². The summed E-state index contributed by atoms with van der Waals surface area (Å²) in [6.45, 7) is 1.92. The van der Waals surface area contributed by atoms with Gasteiger partial charge in [0.1, 0.15) is 5.75 Å². The van der Waals surface area contributed by atoms with Crippen LogP contribution in [0.4, 0.5) is 0 Å². The summed E-state index contributed by atoms with van der Waals surface area (Å²) in [5.41, 5.74) is 6.27. The molecule has 1 aliphatic heterocycles. The first-order valence-corrected chi connectivity index (χ1v) is 5.04. The molecule has 1 aromatic rings. The van der Waals surface area contributed by atoms with Crippen LogP contribution in [0.5, 0.6) is 17.2 Å². The second kappa shape index (κ2) is 4.19. The van der Waals surface area contributed by atoms with E-state index in [0.717, 1.165) is 0 Å². The van der Waals surface area contributed by atoms with E-state index in [1.807, 2.05) is 0 Å². The molecule has 0 amide bonds. The van der Waals surface area contributed by atoms with E-state index in [-0.39, 0.29) is 12.8 Å². The predicted molar refractivity (Wildman–Crippen MR) is 57.7 cm³/mol. The minimum absolute atomic E-state index is 0.191. The van der Waals surface area contributed by atoms with Crippen molar-refractivity contribution in [3.8, 4) is 17.2 Å². The lowest BCUT2D eigenvalue weighted by Crippen LogP contribution is -2.24. The molecule has 0 saturated carbocycles. The SMILES string of the molecule is COc1cc2c(cc1C(O)C(C)N)OCO2. The molecule has 0 fully saturated rings. The number of aliphatic hydroxyl groups excluding tert-OH is 1. The number of aliphatic hydroxyl groups is 1. The largest absolute Gasteiger partial charge is 0.496 e. The van der Waals surface area contributed by atoms with E-state index in [9.17, 15) is 5.11 Å². The summed E-state index contributed by atoms with van der Waals surface area (Å²) in [5, 5.41) is 9.94. The first-order chi connectivity index (χ1) is 7.63. The quantitative estimate of drug-likeness (QED) is 0.796. The van der Waals surface area contributed by atoms with Crippen molar-refractivity contribution in [2.45, 2.75) is 19.1 Å². The van der Waals surface area contributed by atoms with Crippen LogP contribution in [0, 0.1) is 0 Å². The Kier molecular flexibility index (Phi) is 2.89. The highest BCUT2D eigenvalue weighted by atomic mass is 16.7. The molecule has 16 heavy (non-hydrogen) atoms. The number of methoxy groups -OCH3 is 1. The van der Waals surface area contributed by atoms with E-state index in [1.165, 1.54) is 7.11 Å². The molecule has 1 aromatic carbocycles. The van der Waals surface area contributed by atoms with Gasteiger partial charge in [-0.25, -0.2) is 0 Å². The minimum atomic E-state index is -0.788. The number of ether oxygens (including phenoxy) is 3. The lowest BCUT2D eigenvalue weighted by atomic mass is 10.0. The number of hydrogen-bond acceptors (Lipinski definition) is 5. The molecule has 2 atom stereocenters. The van der Waals surface area contributed by atoms with Gasteiger partial charge in [0.05, 0.1) is 13.2 Å². The Labute approximate surface area is 93.7 Å². The van der Waals surface area contributed by atoms with Crippen molar-refractivity contribution in [1.29, 1.82) is 0 Å². The molecule has 5 heteroatoms. The molecule has 0 saturated heterocycles. The Morgan fingerprint density at radius 1 is 1.38 bits per heavy atom. The molecule has 1 aliphatic rings. The Morgan fingerprint density at radius 2 is 2.00 bits per heavy atom. The Hall–Kier alpha value is -1.46. The fourth-order valence-corrected chi connectivity index (χ4v) is 1.63. The molecule has 2 rings (SSSR count). The van der Waals surface area contributed by atoms with Crippen LogP contribution in [0.1, 0.15) is 18.6 Å². The highest BCUT2D eigenvalue weighted by Crippen LogP contribution is 2.40. The van der Waals surface area contributed by atoms with Gasteiger partial charge in [-0.2, -0.15) is 0 Å². The lowest BCUT2D eigenvalue weighted by Gasteiger charge is -2.18. The number of hydrogen-bond donors (Lipinski definition) is 2. The smallest absolute Gasteiger partial charge is 0.231 e. The monoisotopic (exact) mass is 225 g/mol. The molecule has 0 spiro atoms. The molecule has 0 radical (unpaired) electrons. The summed E-state index contributed by atoms with van der Waals surface area (Å²) < 4.78 is 15.7. The van der Waals surface area contributed by atoms with Crippen LogP contribution in [-0.2, 0) is 0 Å². The van der Waals surface area contributed by atoms with Crippen LogP contribution in [0.25, 0.3) is 0 Å². The summed E-state index contributed by atoms with van der Waals surface area (Å²) in [7, 11) is 1.54. The molecular weight excluding hydrogens is 210 g/mol. The highest BCUT2D eigenvalue weighted by Gasteiger charge is 2.23. The van der Waals surface area contributed by atoms with Gasteiger partial charge < -0.3 is 25.1 Å². The third-order valence-electron chi connectivity index (χ3n) is 2.54. The topological polar surface area (TPSA) is 73.9 Å². The van der Waals surface area contributed by atoms with Gasteiger partial charge in [-0.1, -0.05) is 0 Å². The van der Waals surface area contributed by atoms with Crippen LogP contribution in [0.2, 0.25) is 0 Å². The fraction of sp³-hybridized carbons (Fsp3) is 0.455. The van der Waals surface area contributed by atoms with E-state index in [1.54, 1.807) is 19.1 Å². The third kappa shape index (κ3) is 1.79. The molecular formula is C11H15NO4. The van der Waals surface area contributed by atoms with Gasteiger partial charge in [0, 0.05) is 17.7 Å². The number of rotatable bonds is 3. The first-order valence-electron chi connectivity index (χ1n) is 5.04. The zero-order chi connectivity index (χ0) is 11.7. The van der Waals surface area contributed by atoms with Crippen LogP contribution in [-0.4, -0.2) is 25.1 Å². The summed E-state index contributed by atoms with van der Waals surface area (Å²) in [5.74, 6) is 1.78. The zero-order valence-corrected chi connectivity index (χ0v) is 9.27. The second-order valence-electron chi connectivity index (χ2n) is 3.75. The van der Waals surface area contributed by atoms with Gasteiger partial charge in [-0.3, -0.25) is 0 Å². The van der Waals surface area contributed by atoms with Gasteiger partial charge >= 0.3 is 0 Å². The van der Waals surface area contributed by atoms with Gasteiger partial charge in [0.2, 0.25) is 6.79 Å². The number of fused-ring (bicyclic) bond motifs is 1. The molecule has 0 aromatic heterocycles. The van der Waals surface area contributed by atoms with Gasteiger partial charge in [-0.05, 0) is 13.0 Å². The van der Waals surface area contributed by atoms with E-state index >= 15 is 0 Å². The second-order valence-corrected chi connectivity index (χ2v) is 3.75. The Bertz CT molecular complexity index is 392. The van der Waals surface area contributed by atoms with Crippen molar-refractivity contribution in [3.05, 3.63) is 17.7 Å². The van der Waals surface area contributed by atoms with Crippen molar-refractivity contribution >= 4 is 0 Å². The van der Waals surface area contributed by atoms with E-state index in [0.29, 0.717) is 22.8 Å². The fourth-order valence-electron chi connectivity index (χ4n) is 1.63. The molecule has 3 N–H and O–H groups in total. The average Bonchev–Trinajstić information content (AvgIpc) is 2.72. The first kappa shape index (κ1) is 11.0. The maximum atomic E-state index is 9.94. The van der Waals surface area contributed by atoms with Crippen LogP contribution >= 0.6 is 0 Å². The molecule has 0 aliphatic carbocycles. The number of nitrogens with two attached hydrogens (primary N) is 1. The molecule has 88 valence electrons. The molecule has 0 bridgehead atoms. The highest BCUT2D eigenvalue weighted by molar-refractivity contribution is 5.52. The van der Waals surface area contributed by atoms with Crippen molar-refractivity contribution in [2.24, 2.45) is 5.73 Å². The van der Waals surface area contributed by atoms with Crippen molar-refractivity contribution in [3.63, 3.8) is 0 Å². The molecule has 2 unspecified atom stereocenters. The summed E-state index contributed by atoms with van der Waals surface area (Å²) in [6.07, 6.45) is -0.788. The molecule has 1 heterocycles. The average molecular weight is 225 g/mol. The lowest BCUT2D eigenvalue weighted by molar-refractivity contribution is 0.149. The Morgan fingerprint density at radius 3 is 2.56 bits per heavy atom. The summed E-state index contributed by atoms with van der Waals surface area (Å²) in [6, 6.07) is 3.02. The van der Waals surface area contributed by atoms with Crippen LogP contribution in [0.3, 0.4) is 0 Å². The summed E-state index contributed by atoms with van der Waals surface area (Å²) in [4.78, 5) is 0. The minimum Gasteiger partial charge on any atom is -0.496 e. The van der Waals surface area contributed by atoms with Gasteiger partial charge in [0.15, 0.2) is 11.5 Å². The van der Waals surface area contributed by atoms with E-state index in [4.69, 9.17) is 19.9 Å². The van der Waals surface area contributed by atoms with E-state index < -0.39 is 6.10 Å². The maximum Gasteiger partial charge on any atom is 0.231 e. The normalized spacial score (nSPS) is 17.0. The third-order valence-corrected chi connectivity index (χ3v) is 2.54. The summed E-state index contributed by atoms with van der Waals surface area (Å²) >= 11 is 0. The standard InChI is InChI=1S/C11H15NO4/c1-6(12)11(13)7-3-9-10(16-5-15-9)4-8(7)14-2/h3-4,6,11,13H,5,12H2,1-2H3. The van der Waals surface area contributed by atoms with Crippen molar-refractivity contribution < 1.29 is 19.3 Å². The maximum absolute atomic E-state index is 9.94. The number of benzene rings is 1. The Balaban J connectivity index is 2.43. The van der Waals surface area contributed by atoms with Crippen molar-refractivity contribution in [2.75, 3.05) is 13.9 Å².